The molecule has 0 radical (unpaired) electrons. The van der Waals surface area contributed by atoms with Crippen molar-refractivity contribution < 1.29 is 24.4 Å². The molecule has 0 aromatic carbocycles. The molecule has 7 heteroatoms. The van der Waals surface area contributed by atoms with Crippen LogP contribution in [0.4, 0.5) is 0 Å². The second kappa shape index (κ2) is 8.21. The number of hydrogen-bond donors (Lipinski definition) is 2. The van der Waals surface area contributed by atoms with Crippen LogP contribution >= 0.6 is 15.9 Å². The van der Waals surface area contributed by atoms with Gasteiger partial charge in [0.2, 0.25) is 0 Å². The molecule has 0 amide bonds. The second-order valence-electron chi connectivity index (χ2n) is 5.62. The first-order valence-electron chi connectivity index (χ1n) is 6.89. The Morgan fingerprint density at radius 3 is 2.50 bits per heavy atom. The third-order valence-corrected chi connectivity index (χ3v) is 4.56. The molecule has 2 N–H and O–H groups in total. The van der Waals surface area contributed by atoms with Gasteiger partial charge in [-0.3, -0.25) is 4.98 Å². The molecule has 0 bridgehead atoms. The fraction of sp³-hybridized carbons (Fsp3) is 0.667. The number of nitrogens with zero attached hydrogens (tertiary/aromatic N) is 1. The molecule has 2 unspecified atom stereocenters. The van der Waals surface area contributed by atoms with Gasteiger partial charge in [0, 0.05) is 28.8 Å². The average molecular weight is 378 g/mol. The molecule has 1 heterocycles. The zero-order chi connectivity index (χ0) is 16.9. The van der Waals surface area contributed by atoms with Gasteiger partial charge in [0.05, 0.1) is 19.8 Å². The van der Waals surface area contributed by atoms with Gasteiger partial charge in [0.25, 0.3) is 0 Å². The third-order valence-electron chi connectivity index (χ3n) is 3.76. The van der Waals surface area contributed by atoms with Crippen LogP contribution in [0, 0.1) is 12.3 Å². The van der Waals surface area contributed by atoms with Crippen LogP contribution in [-0.4, -0.2) is 48.9 Å². The lowest BCUT2D eigenvalue weighted by Gasteiger charge is -2.37. The summed E-state index contributed by atoms with van der Waals surface area (Å²) in [5.74, 6) is 0.577. The van der Waals surface area contributed by atoms with Gasteiger partial charge in [0.15, 0.2) is 0 Å². The summed E-state index contributed by atoms with van der Waals surface area (Å²) in [4.78, 5) is 4.40. The molecule has 0 saturated carbocycles. The summed E-state index contributed by atoms with van der Waals surface area (Å²) in [7, 11) is 3.08. The van der Waals surface area contributed by atoms with Crippen molar-refractivity contribution in [2.24, 2.45) is 5.41 Å². The van der Waals surface area contributed by atoms with Crippen LogP contribution < -0.4 is 4.74 Å². The molecule has 126 valence electrons. The van der Waals surface area contributed by atoms with E-state index in [2.05, 4.69) is 20.9 Å². The summed E-state index contributed by atoms with van der Waals surface area (Å²) >= 11 is 3.42. The van der Waals surface area contributed by atoms with E-state index in [1.165, 1.54) is 7.11 Å². The van der Waals surface area contributed by atoms with E-state index < -0.39 is 17.6 Å². The van der Waals surface area contributed by atoms with Gasteiger partial charge >= 0.3 is 0 Å². The molecule has 1 aromatic rings. The van der Waals surface area contributed by atoms with E-state index in [1.54, 1.807) is 27.2 Å². The minimum atomic E-state index is -0.982. The molecule has 0 aliphatic rings. The number of pyridine rings is 1. The van der Waals surface area contributed by atoms with E-state index in [-0.39, 0.29) is 13.4 Å². The van der Waals surface area contributed by atoms with E-state index >= 15 is 0 Å². The third kappa shape index (κ3) is 3.97. The number of rotatable bonds is 8. The molecule has 6 nitrogen and oxygen atoms in total. The van der Waals surface area contributed by atoms with Crippen molar-refractivity contribution in [1.29, 1.82) is 0 Å². The SMILES string of the molecule is COCOC(c1ncc(Br)c(C)c1OC)C(C)(C)C(O)CO. The fourth-order valence-corrected chi connectivity index (χ4v) is 2.50. The van der Waals surface area contributed by atoms with Crippen molar-refractivity contribution in [3.8, 4) is 5.75 Å². The molecule has 0 aliphatic carbocycles. The zero-order valence-electron chi connectivity index (χ0n) is 13.6. The lowest BCUT2D eigenvalue weighted by Crippen LogP contribution is -2.39. The molecule has 1 aromatic heterocycles. The highest BCUT2D eigenvalue weighted by Crippen LogP contribution is 2.43. The molecule has 0 fully saturated rings. The quantitative estimate of drug-likeness (QED) is 0.675. The zero-order valence-corrected chi connectivity index (χ0v) is 15.2. The van der Waals surface area contributed by atoms with Crippen molar-refractivity contribution in [2.45, 2.75) is 33.0 Å². The summed E-state index contributed by atoms with van der Waals surface area (Å²) in [5.41, 5.74) is 0.638. The maximum absolute atomic E-state index is 10.2. The van der Waals surface area contributed by atoms with Crippen LogP contribution in [0.15, 0.2) is 10.7 Å². The van der Waals surface area contributed by atoms with E-state index in [0.717, 1.165) is 10.0 Å². The van der Waals surface area contributed by atoms with Crippen LogP contribution in [0.3, 0.4) is 0 Å². The maximum Gasteiger partial charge on any atom is 0.147 e. The number of ether oxygens (including phenoxy) is 3. The Kier molecular flexibility index (Phi) is 7.21. The Balaban J connectivity index is 3.37. The van der Waals surface area contributed by atoms with Crippen LogP contribution in [0.1, 0.15) is 31.2 Å². The van der Waals surface area contributed by atoms with Crippen molar-refractivity contribution in [1.82, 2.24) is 4.98 Å². The number of halogens is 1. The second-order valence-corrected chi connectivity index (χ2v) is 6.48. The minimum absolute atomic E-state index is 0.0339. The van der Waals surface area contributed by atoms with Crippen LogP contribution in [-0.2, 0) is 9.47 Å². The van der Waals surface area contributed by atoms with Gasteiger partial charge in [-0.1, -0.05) is 13.8 Å². The number of aliphatic hydroxyl groups excluding tert-OH is 2. The Morgan fingerprint density at radius 1 is 1.36 bits per heavy atom. The number of aliphatic hydroxyl groups is 2. The summed E-state index contributed by atoms with van der Waals surface area (Å²) < 4.78 is 17.0. The molecule has 0 aliphatic heterocycles. The van der Waals surface area contributed by atoms with Crippen LogP contribution in [0.5, 0.6) is 5.75 Å². The van der Waals surface area contributed by atoms with Gasteiger partial charge in [-0.15, -0.1) is 0 Å². The monoisotopic (exact) mass is 377 g/mol. The van der Waals surface area contributed by atoms with Crippen LogP contribution in [0.25, 0.3) is 0 Å². The van der Waals surface area contributed by atoms with E-state index in [0.29, 0.717) is 11.4 Å². The topological polar surface area (TPSA) is 81.0 Å². The summed E-state index contributed by atoms with van der Waals surface area (Å²) in [5, 5.41) is 19.5. The molecule has 1 rings (SSSR count). The molecular weight excluding hydrogens is 354 g/mol. The van der Waals surface area contributed by atoms with Crippen molar-refractivity contribution in [3.63, 3.8) is 0 Å². The van der Waals surface area contributed by atoms with Crippen molar-refractivity contribution in [3.05, 3.63) is 21.9 Å². The highest BCUT2D eigenvalue weighted by Gasteiger charge is 2.41. The Labute approximate surface area is 139 Å². The van der Waals surface area contributed by atoms with Gasteiger partial charge in [-0.05, 0) is 22.9 Å². The lowest BCUT2D eigenvalue weighted by atomic mass is 9.79. The Hall–Kier alpha value is -0.730. The Morgan fingerprint density at radius 2 is 2.00 bits per heavy atom. The predicted molar refractivity (Wildman–Crippen MR) is 85.8 cm³/mol. The highest BCUT2D eigenvalue weighted by molar-refractivity contribution is 9.10. The molecule has 2 atom stereocenters. The van der Waals surface area contributed by atoms with Crippen molar-refractivity contribution in [2.75, 3.05) is 27.6 Å². The number of hydrogen-bond acceptors (Lipinski definition) is 6. The van der Waals surface area contributed by atoms with Gasteiger partial charge in [-0.2, -0.15) is 0 Å². The van der Waals surface area contributed by atoms with E-state index in [9.17, 15) is 10.2 Å². The van der Waals surface area contributed by atoms with Crippen LogP contribution in [0.2, 0.25) is 0 Å². The van der Waals surface area contributed by atoms with Gasteiger partial charge in [-0.25, -0.2) is 0 Å². The van der Waals surface area contributed by atoms with E-state index in [4.69, 9.17) is 14.2 Å². The fourth-order valence-electron chi connectivity index (χ4n) is 2.22. The summed E-state index contributed by atoms with van der Waals surface area (Å²) in [6.07, 6.45) is 0.0683. The average Bonchev–Trinajstić information content (AvgIpc) is 2.50. The first-order valence-corrected chi connectivity index (χ1v) is 7.68. The molecule has 0 saturated heterocycles. The smallest absolute Gasteiger partial charge is 0.147 e. The van der Waals surface area contributed by atoms with Crippen molar-refractivity contribution >= 4 is 15.9 Å². The number of aromatic nitrogens is 1. The minimum Gasteiger partial charge on any atom is -0.494 e. The summed E-state index contributed by atoms with van der Waals surface area (Å²) in [6.45, 7) is 5.15. The highest BCUT2D eigenvalue weighted by atomic mass is 79.9. The molecule has 22 heavy (non-hydrogen) atoms. The Bertz CT molecular complexity index is 495. The largest absolute Gasteiger partial charge is 0.494 e. The summed E-state index contributed by atoms with van der Waals surface area (Å²) in [6, 6.07) is 0. The predicted octanol–water partition coefficient (Wildman–Crippen LogP) is 2.20. The molecule has 0 spiro atoms. The standard InChI is InChI=1S/C15H24BrNO5/c1-9-10(16)6-17-12(13(9)21-5)14(22-8-20-4)15(2,3)11(19)7-18/h6,11,14,18-19H,7-8H2,1-5H3. The first-order chi connectivity index (χ1) is 10.3. The normalized spacial score (nSPS) is 14.7. The molecular formula is C15H24BrNO5. The van der Waals surface area contributed by atoms with Gasteiger partial charge < -0.3 is 24.4 Å². The van der Waals surface area contributed by atoms with E-state index in [1.807, 2.05) is 6.92 Å². The lowest BCUT2D eigenvalue weighted by molar-refractivity contribution is -0.150. The first kappa shape index (κ1) is 19.3. The van der Waals surface area contributed by atoms with Gasteiger partial charge in [0.1, 0.15) is 24.3 Å². The maximum atomic E-state index is 10.2. The number of methoxy groups -OCH3 is 2.